The molecule has 3 rings (SSSR count). The van der Waals surface area contributed by atoms with E-state index in [9.17, 15) is 4.79 Å². The Morgan fingerprint density at radius 2 is 2.15 bits per heavy atom. The highest BCUT2D eigenvalue weighted by Gasteiger charge is 2.26. The molecule has 1 fully saturated rings. The van der Waals surface area contributed by atoms with Gasteiger partial charge in [-0.15, -0.1) is 0 Å². The van der Waals surface area contributed by atoms with Crippen LogP contribution in [-0.2, 0) is 22.4 Å². The summed E-state index contributed by atoms with van der Waals surface area (Å²) in [5.41, 5.74) is 1.97. The quantitative estimate of drug-likeness (QED) is 0.865. The number of ether oxygens (including phenoxy) is 1. The Labute approximate surface area is 117 Å². The average molecular weight is 277 g/mol. The first-order valence-corrected chi connectivity index (χ1v) is 7.14. The van der Waals surface area contributed by atoms with Gasteiger partial charge in [-0.2, -0.15) is 0 Å². The molecule has 6 nitrogen and oxygen atoms in total. The Kier molecular flexibility index (Phi) is 3.82. The Balaban J connectivity index is 1.71. The molecule has 1 atom stereocenters. The first kappa shape index (κ1) is 13.3. The monoisotopic (exact) mass is 277 g/mol. The van der Waals surface area contributed by atoms with E-state index in [0.717, 1.165) is 43.7 Å². The molecule has 2 aliphatic rings. The highest BCUT2D eigenvalue weighted by atomic mass is 16.5. The molecule has 6 heteroatoms. The van der Waals surface area contributed by atoms with Crippen LogP contribution >= 0.6 is 0 Å². The maximum absolute atomic E-state index is 11.1. The van der Waals surface area contributed by atoms with Crippen molar-refractivity contribution in [1.29, 1.82) is 0 Å². The fourth-order valence-electron chi connectivity index (χ4n) is 2.80. The fourth-order valence-corrected chi connectivity index (χ4v) is 2.80. The normalized spacial score (nSPS) is 23.1. The maximum atomic E-state index is 11.1. The number of anilines is 1. The predicted octanol–water partition coefficient (Wildman–Crippen LogP) is 1.26. The topological polar surface area (TPSA) is 84.3 Å². The number of rotatable bonds is 3. The average Bonchev–Trinajstić information content (AvgIpc) is 2.47. The molecule has 1 aliphatic carbocycles. The minimum absolute atomic E-state index is 0.312. The number of nitrogens with one attached hydrogen (secondary N) is 1. The molecule has 0 bridgehead atoms. The van der Waals surface area contributed by atoms with Gasteiger partial charge < -0.3 is 15.2 Å². The van der Waals surface area contributed by atoms with Gasteiger partial charge in [0, 0.05) is 37.6 Å². The molecule has 1 aromatic heterocycles. The summed E-state index contributed by atoms with van der Waals surface area (Å²) in [6, 6.07) is 0.348. The van der Waals surface area contributed by atoms with E-state index in [1.54, 1.807) is 0 Å². The summed E-state index contributed by atoms with van der Waals surface area (Å²) in [7, 11) is 0. The summed E-state index contributed by atoms with van der Waals surface area (Å²) >= 11 is 0. The Morgan fingerprint density at radius 3 is 2.90 bits per heavy atom. The maximum Gasteiger partial charge on any atom is 0.306 e. The molecular weight excluding hydrogens is 258 g/mol. The molecule has 2 N–H and O–H groups in total. The van der Waals surface area contributed by atoms with Crippen LogP contribution in [0.1, 0.15) is 30.5 Å². The van der Waals surface area contributed by atoms with Crippen molar-refractivity contribution in [2.45, 2.75) is 38.1 Å². The van der Waals surface area contributed by atoms with Gasteiger partial charge in [-0.1, -0.05) is 0 Å². The summed E-state index contributed by atoms with van der Waals surface area (Å²) in [6.45, 7) is 1.54. The van der Waals surface area contributed by atoms with Gasteiger partial charge in [0.05, 0.1) is 5.92 Å². The minimum atomic E-state index is -0.729. The van der Waals surface area contributed by atoms with E-state index < -0.39 is 5.97 Å². The highest BCUT2D eigenvalue weighted by Crippen LogP contribution is 2.25. The summed E-state index contributed by atoms with van der Waals surface area (Å²) < 4.78 is 5.32. The number of aromatic nitrogens is 2. The number of fused-ring (bicyclic) bond motifs is 1. The SMILES string of the molecule is O=C(O)[C@@H]1CCc2cnc(NC3CCOCC3)nc2C1. The lowest BCUT2D eigenvalue weighted by molar-refractivity contribution is -0.142. The van der Waals surface area contributed by atoms with Crippen LogP contribution in [0, 0.1) is 5.92 Å². The van der Waals surface area contributed by atoms with Gasteiger partial charge in [-0.3, -0.25) is 4.79 Å². The predicted molar refractivity (Wildman–Crippen MR) is 72.6 cm³/mol. The molecule has 0 spiro atoms. The van der Waals surface area contributed by atoms with Crippen LogP contribution in [-0.4, -0.2) is 40.3 Å². The van der Waals surface area contributed by atoms with Gasteiger partial charge in [0.1, 0.15) is 0 Å². The molecule has 1 aliphatic heterocycles. The van der Waals surface area contributed by atoms with E-state index in [4.69, 9.17) is 9.84 Å². The zero-order chi connectivity index (χ0) is 13.9. The van der Waals surface area contributed by atoms with Gasteiger partial charge in [0.15, 0.2) is 0 Å². The number of nitrogens with zero attached hydrogens (tertiary/aromatic N) is 2. The van der Waals surface area contributed by atoms with Crippen molar-refractivity contribution in [3.8, 4) is 0 Å². The molecule has 20 heavy (non-hydrogen) atoms. The molecule has 108 valence electrons. The minimum Gasteiger partial charge on any atom is -0.481 e. The molecule has 0 aromatic carbocycles. The molecule has 1 aromatic rings. The van der Waals surface area contributed by atoms with Gasteiger partial charge in [0.2, 0.25) is 5.95 Å². The van der Waals surface area contributed by atoms with Gasteiger partial charge in [-0.05, 0) is 31.2 Å². The Hall–Kier alpha value is -1.69. The second-order valence-electron chi connectivity index (χ2n) is 5.47. The molecule has 2 heterocycles. The third-order valence-electron chi connectivity index (χ3n) is 4.06. The summed E-state index contributed by atoms with van der Waals surface area (Å²) in [5, 5.41) is 12.4. The Bertz CT molecular complexity index is 500. The fraction of sp³-hybridized carbons (Fsp3) is 0.643. The highest BCUT2D eigenvalue weighted by molar-refractivity contribution is 5.70. The van der Waals surface area contributed by atoms with Crippen LogP contribution in [0.3, 0.4) is 0 Å². The van der Waals surface area contributed by atoms with Crippen molar-refractivity contribution in [2.75, 3.05) is 18.5 Å². The van der Waals surface area contributed by atoms with Crippen LogP contribution in [0.25, 0.3) is 0 Å². The molecular formula is C14H19N3O3. The van der Waals surface area contributed by atoms with E-state index in [0.29, 0.717) is 24.8 Å². The third kappa shape index (κ3) is 2.90. The molecule has 1 saturated heterocycles. The summed E-state index contributed by atoms with van der Waals surface area (Å²) in [4.78, 5) is 20.0. The van der Waals surface area contributed by atoms with Gasteiger partial charge in [0.25, 0.3) is 0 Å². The van der Waals surface area contributed by atoms with Crippen molar-refractivity contribution in [3.05, 3.63) is 17.5 Å². The second kappa shape index (κ2) is 5.75. The van der Waals surface area contributed by atoms with E-state index >= 15 is 0 Å². The van der Waals surface area contributed by atoms with Crippen molar-refractivity contribution in [1.82, 2.24) is 9.97 Å². The zero-order valence-electron chi connectivity index (χ0n) is 11.3. The van der Waals surface area contributed by atoms with Gasteiger partial charge in [-0.25, -0.2) is 9.97 Å². The first-order chi connectivity index (χ1) is 9.72. The second-order valence-corrected chi connectivity index (χ2v) is 5.47. The van der Waals surface area contributed by atoms with Crippen molar-refractivity contribution in [3.63, 3.8) is 0 Å². The van der Waals surface area contributed by atoms with Crippen LogP contribution in [0.2, 0.25) is 0 Å². The van der Waals surface area contributed by atoms with E-state index in [-0.39, 0.29) is 5.92 Å². The van der Waals surface area contributed by atoms with E-state index in [1.807, 2.05) is 6.20 Å². The molecule has 0 saturated carbocycles. The van der Waals surface area contributed by atoms with Crippen molar-refractivity contribution in [2.24, 2.45) is 5.92 Å². The lowest BCUT2D eigenvalue weighted by atomic mass is 9.88. The van der Waals surface area contributed by atoms with Crippen LogP contribution in [0.5, 0.6) is 0 Å². The number of carboxylic acids is 1. The lowest BCUT2D eigenvalue weighted by Gasteiger charge is -2.24. The summed E-state index contributed by atoms with van der Waals surface area (Å²) in [5.74, 6) is -0.428. The van der Waals surface area contributed by atoms with E-state index in [1.165, 1.54) is 0 Å². The van der Waals surface area contributed by atoms with Crippen molar-refractivity contribution >= 4 is 11.9 Å². The largest absolute Gasteiger partial charge is 0.481 e. The number of carbonyl (C=O) groups is 1. The van der Waals surface area contributed by atoms with Gasteiger partial charge >= 0.3 is 5.97 Å². The number of hydrogen-bond donors (Lipinski definition) is 2. The number of hydrogen-bond acceptors (Lipinski definition) is 5. The number of carboxylic acid groups (broad SMARTS) is 1. The molecule has 0 radical (unpaired) electrons. The van der Waals surface area contributed by atoms with Crippen LogP contribution < -0.4 is 5.32 Å². The van der Waals surface area contributed by atoms with E-state index in [2.05, 4.69) is 15.3 Å². The third-order valence-corrected chi connectivity index (χ3v) is 4.06. The summed E-state index contributed by atoms with van der Waals surface area (Å²) in [6.07, 6.45) is 5.69. The smallest absolute Gasteiger partial charge is 0.306 e. The zero-order valence-corrected chi connectivity index (χ0v) is 11.3. The standard InChI is InChI=1S/C14H19N3O3/c18-13(19)9-1-2-10-8-15-14(17-12(10)7-9)16-11-3-5-20-6-4-11/h8-9,11H,1-7H2,(H,18,19)(H,15,16,17)/t9-/m1/s1. The number of aryl methyl sites for hydroxylation is 1. The first-order valence-electron chi connectivity index (χ1n) is 7.14. The Morgan fingerprint density at radius 1 is 1.35 bits per heavy atom. The van der Waals surface area contributed by atoms with Crippen molar-refractivity contribution < 1.29 is 14.6 Å². The lowest BCUT2D eigenvalue weighted by Crippen LogP contribution is -2.29. The molecule has 0 unspecified atom stereocenters. The number of aliphatic carboxylic acids is 1. The van der Waals surface area contributed by atoms with Crippen LogP contribution in [0.4, 0.5) is 5.95 Å². The van der Waals surface area contributed by atoms with Crippen LogP contribution in [0.15, 0.2) is 6.20 Å². The molecule has 0 amide bonds.